The molecule has 3 rings (SSSR count). The number of nitrogens with zero attached hydrogens (tertiary/aromatic N) is 6. The van der Waals surface area contributed by atoms with Crippen molar-refractivity contribution in [2.75, 3.05) is 12.0 Å². The lowest BCUT2D eigenvalue weighted by atomic mass is 10.1. The van der Waals surface area contributed by atoms with Crippen molar-refractivity contribution in [2.24, 2.45) is 5.10 Å². The molecule has 1 aromatic carbocycles. The van der Waals surface area contributed by atoms with Crippen molar-refractivity contribution in [2.45, 2.75) is 6.92 Å². The van der Waals surface area contributed by atoms with Gasteiger partial charge >= 0.3 is 5.97 Å². The normalized spacial score (nSPS) is 9.89. The highest BCUT2D eigenvalue weighted by Gasteiger charge is 2.17. The summed E-state index contributed by atoms with van der Waals surface area (Å²) in [6, 6.07) is 12.3. The van der Waals surface area contributed by atoms with Crippen molar-refractivity contribution in [3.8, 4) is 23.4 Å². The summed E-state index contributed by atoms with van der Waals surface area (Å²) in [5, 5.41) is 25.5. The van der Waals surface area contributed by atoms with Crippen LogP contribution in [0.25, 0.3) is 16.9 Å². The van der Waals surface area contributed by atoms with Gasteiger partial charge in [-0.15, -0.1) is 0 Å². The monoisotopic (exact) mass is 359 g/mol. The molecule has 0 fully saturated rings. The minimum absolute atomic E-state index is 0.261. The van der Waals surface area contributed by atoms with Crippen molar-refractivity contribution in [3.05, 3.63) is 48.3 Å². The van der Waals surface area contributed by atoms with Gasteiger partial charge in [0.25, 0.3) is 0 Å². The Balaban J connectivity index is 2.00. The highest BCUT2D eigenvalue weighted by Crippen LogP contribution is 2.24. The summed E-state index contributed by atoms with van der Waals surface area (Å²) >= 11 is 0. The van der Waals surface area contributed by atoms with Crippen LogP contribution in [0, 0.1) is 22.7 Å². The number of esters is 1. The highest BCUT2D eigenvalue weighted by molar-refractivity contribution is 6.10. The first-order chi connectivity index (χ1) is 13.2. The van der Waals surface area contributed by atoms with E-state index in [2.05, 4.69) is 20.6 Å². The number of hydrogen-bond acceptors (Lipinski definition) is 8. The number of ether oxygens (including phenoxy) is 1. The predicted octanol–water partition coefficient (Wildman–Crippen LogP) is 2.39. The predicted molar refractivity (Wildman–Crippen MR) is 96.7 cm³/mol. The van der Waals surface area contributed by atoms with E-state index in [1.165, 1.54) is 6.20 Å². The van der Waals surface area contributed by atoms with Crippen LogP contribution in [-0.4, -0.2) is 32.9 Å². The zero-order valence-electron chi connectivity index (χ0n) is 14.2. The largest absolute Gasteiger partial charge is 0.462 e. The van der Waals surface area contributed by atoms with Crippen LogP contribution >= 0.6 is 0 Å². The first kappa shape index (κ1) is 17.6. The molecule has 3 aromatic rings. The third kappa shape index (κ3) is 3.57. The maximum absolute atomic E-state index is 12.0. The number of anilines is 1. The van der Waals surface area contributed by atoms with Gasteiger partial charge in [-0.05, 0) is 25.1 Å². The summed E-state index contributed by atoms with van der Waals surface area (Å²) in [5.74, 6) is -0.484. The molecule has 1 N–H and O–H groups in total. The quantitative estimate of drug-likeness (QED) is 0.420. The van der Waals surface area contributed by atoms with E-state index in [1.54, 1.807) is 54.0 Å². The molecular weight excluding hydrogens is 346 g/mol. The number of benzene rings is 1. The molecule has 0 atom stereocenters. The topological polar surface area (TPSA) is 128 Å². The summed E-state index contributed by atoms with van der Waals surface area (Å²) in [6.45, 7) is 1.99. The molecule has 0 aliphatic carbocycles. The molecule has 0 aliphatic rings. The smallest absolute Gasteiger partial charge is 0.343 e. The van der Waals surface area contributed by atoms with Gasteiger partial charge < -0.3 is 4.74 Å². The standard InChI is InChI=1S/C18H13N7O2/c1-2-27-18(26)15-11-22-25-16(6-7-21-17(15)25)12-4-3-5-13(8-12)23-24-14(9-19)10-20/h3-8,11,23H,2H2,1H3. The summed E-state index contributed by atoms with van der Waals surface area (Å²) in [5.41, 5.74) is 5.11. The van der Waals surface area contributed by atoms with Crippen molar-refractivity contribution >= 4 is 23.0 Å². The SMILES string of the molecule is CCOC(=O)c1cnn2c(-c3cccc(NN=C(C#N)C#N)c3)ccnc12. The van der Waals surface area contributed by atoms with E-state index in [1.807, 2.05) is 6.07 Å². The fourth-order valence-electron chi connectivity index (χ4n) is 2.41. The Hall–Kier alpha value is -4.24. The number of carbonyl (C=O) groups is 1. The molecule has 0 aliphatic heterocycles. The molecule has 0 saturated carbocycles. The first-order valence-electron chi connectivity index (χ1n) is 7.92. The number of hydrogen-bond donors (Lipinski definition) is 1. The Kier molecular flexibility index (Phi) is 5.05. The van der Waals surface area contributed by atoms with Gasteiger partial charge in [0.2, 0.25) is 5.71 Å². The summed E-state index contributed by atoms with van der Waals surface area (Å²) in [7, 11) is 0. The van der Waals surface area contributed by atoms with Gasteiger partial charge in [-0.2, -0.15) is 20.7 Å². The van der Waals surface area contributed by atoms with Crippen LogP contribution in [0.5, 0.6) is 0 Å². The summed E-state index contributed by atoms with van der Waals surface area (Å²) in [6.07, 6.45) is 3.00. The average molecular weight is 359 g/mol. The Labute approximate surface area is 154 Å². The molecule has 0 saturated heterocycles. The first-order valence-corrected chi connectivity index (χ1v) is 7.92. The van der Waals surface area contributed by atoms with Crippen LogP contribution in [0.15, 0.2) is 47.8 Å². The van der Waals surface area contributed by atoms with Gasteiger partial charge in [-0.3, -0.25) is 5.43 Å². The van der Waals surface area contributed by atoms with Crippen molar-refractivity contribution in [1.82, 2.24) is 14.6 Å². The fraction of sp³-hybridized carbons (Fsp3) is 0.111. The van der Waals surface area contributed by atoms with Crippen LogP contribution in [0.2, 0.25) is 0 Å². The second kappa shape index (κ2) is 7.76. The van der Waals surface area contributed by atoms with Crippen molar-refractivity contribution < 1.29 is 9.53 Å². The number of aromatic nitrogens is 3. The average Bonchev–Trinajstić information content (AvgIpc) is 3.13. The Morgan fingerprint density at radius 3 is 2.89 bits per heavy atom. The summed E-state index contributed by atoms with van der Waals surface area (Å²) in [4.78, 5) is 16.3. The second-order valence-electron chi connectivity index (χ2n) is 5.22. The van der Waals surface area contributed by atoms with Crippen LogP contribution in [0.3, 0.4) is 0 Å². The molecule has 0 bridgehead atoms. The molecule has 0 unspecified atom stereocenters. The van der Waals surface area contributed by atoms with E-state index in [0.717, 1.165) is 5.56 Å². The second-order valence-corrected chi connectivity index (χ2v) is 5.22. The lowest BCUT2D eigenvalue weighted by Gasteiger charge is -2.07. The molecule has 0 spiro atoms. The zero-order chi connectivity index (χ0) is 19.2. The van der Waals surface area contributed by atoms with Crippen molar-refractivity contribution in [3.63, 3.8) is 0 Å². The number of hydrazone groups is 1. The third-order valence-corrected chi connectivity index (χ3v) is 3.56. The molecule has 27 heavy (non-hydrogen) atoms. The molecule has 0 radical (unpaired) electrons. The molecular formula is C18H13N7O2. The number of nitriles is 2. The minimum atomic E-state index is -0.484. The van der Waals surface area contributed by atoms with E-state index < -0.39 is 5.97 Å². The lowest BCUT2D eigenvalue weighted by molar-refractivity contribution is 0.0528. The Bertz CT molecular complexity index is 1100. The van der Waals surface area contributed by atoms with Crippen LogP contribution in [-0.2, 0) is 4.74 Å². The highest BCUT2D eigenvalue weighted by atomic mass is 16.5. The van der Waals surface area contributed by atoms with E-state index >= 15 is 0 Å². The number of fused-ring (bicyclic) bond motifs is 1. The Morgan fingerprint density at radius 2 is 2.15 bits per heavy atom. The van der Waals surface area contributed by atoms with Gasteiger partial charge in [0.1, 0.15) is 17.7 Å². The van der Waals surface area contributed by atoms with E-state index in [9.17, 15) is 4.79 Å². The fourth-order valence-corrected chi connectivity index (χ4v) is 2.41. The van der Waals surface area contributed by atoms with Gasteiger partial charge in [0.15, 0.2) is 5.65 Å². The van der Waals surface area contributed by atoms with Crippen LogP contribution in [0.4, 0.5) is 5.69 Å². The number of nitrogens with one attached hydrogen (secondary N) is 1. The molecule has 0 amide bonds. The van der Waals surface area contributed by atoms with E-state index in [-0.39, 0.29) is 17.9 Å². The Morgan fingerprint density at radius 1 is 1.33 bits per heavy atom. The number of carbonyl (C=O) groups excluding carboxylic acids is 1. The van der Waals surface area contributed by atoms with Crippen LogP contribution < -0.4 is 5.43 Å². The van der Waals surface area contributed by atoms with E-state index in [0.29, 0.717) is 17.0 Å². The molecule has 2 heterocycles. The van der Waals surface area contributed by atoms with Crippen molar-refractivity contribution in [1.29, 1.82) is 10.5 Å². The minimum Gasteiger partial charge on any atom is -0.462 e. The van der Waals surface area contributed by atoms with Crippen LogP contribution in [0.1, 0.15) is 17.3 Å². The molecule has 2 aromatic heterocycles. The van der Waals surface area contributed by atoms with Gasteiger partial charge in [-0.25, -0.2) is 14.3 Å². The number of rotatable bonds is 5. The summed E-state index contributed by atoms with van der Waals surface area (Å²) < 4.78 is 6.57. The maximum Gasteiger partial charge on any atom is 0.343 e. The van der Waals surface area contributed by atoms with Gasteiger partial charge in [0.05, 0.1) is 24.2 Å². The van der Waals surface area contributed by atoms with E-state index in [4.69, 9.17) is 15.3 Å². The molecule has 9 nitrogen and oxygen atoms in total. The maximum atomic E-state index is 12.0. The zero-order valence-corrected chi connectivity index (χ0v) is 14.2. The third-order valence-electron chi connectivity index (χ3n) is 3.56. The molecule has 9 heteroatoms. The molecule has 132 valence electrons. The lowest BCUT2D eigenvalue weighted by Crippen LogP contribution is -2.05. The van der Waals surface area contributed by atoms with Gasteiger partial charge in [0, 0.05) is 11.8 Å². The van der Waals surface area contributed by atoms with Gasteiger partial charge in [-0.1, -0.05) is 12.1 Å².